The Balaban J connectivity index is 1.61. The third-order valence-corrected chi connectivity index (χ3v) is 6.99. The molecule has 4 atom stereocenters. The van der Waals surface area contributed by atoms with Gasteiger partial charge in [-0.2, -0.15) is 0 Å². The minimum absolute atomic E-state index is 0.167. The van der Waals surface area contributed by atoms with E-state index in [1.807, 2.05) is 91.0 Å². The number of hydrogen-bond donors (Lipinski definition) is 1. The minimum atomic E-state index is -1.30. The molecule has 0 aromatic heterocycles. The van der Waals surface area contributed by atoms with Gasteiger partial charge in [0.25, 0.3) is 0 Å². The number of carbonyl (C=O) groups excluding carboxylic acids is 3. The maximum atomic E-state index is 14.1. The number of benzene rings is 3. The lowest BCUT2D eigenvalue weighted by Gasteiger charge is -2.32. The van der Waals surface area contributed by atoms with Crippen LogP contribution in [0, 0.1) is 5.92 Å². The fourth-order valence-electron chi connectivity index (χ4n) is 4.97. The zero-order valence-electron chi connectivity index (χ0n) is 24.0. The molecular weight excluding hydrogens is 520 g/mol. The molecule has 8 heteroatoms. The van der Waals surface area contributed by atoms with Gasteiger partial charge in [0.15, 0.2) is 0 Å². The number of carbonyl (C=O) groups is 3. The van der Waals surface area contributed by atoms with Crippen molar-refractivity contribution in [3.8, 4) is 0 Å². The number of cyclic esters (lactones) is 1. The zero-order valence-corrected chi connectivity index (χ0v) is 24.0. The van der Waals surface area contributed by atoms with Gasteiger partial charge in [-0.3, -0.25) is 4.79 Å². The minimum Gasteiger partial charge on any atom is -0.444 e. The number of rotatable bonds is 9. The molecule has 3 aromatic rings. The normalized spacial score (nSPS) is 18.4. The lowest BCUT2D eigenvalue weighted by molar-refractivity contribution is -0.137. The van der Waals surface area contributed by atoms with E-state index in [1.54, 1.807) is 27.7 Å². The van der Waals surface area contributed by atoms with E-state index >= 15 is 0 Å². The van der Waals surface area contributed by atoms with Crippen molar-refractivity contribution in [2.75, 3.05) is 6.54 Å². The van der Waals surface area contributed by atoms with E-state index in [4.69, 9.17) is 9.47 Å². The van der Waals surface area contributed by atoms with Gasteiger partial charge in [0.05, 0.1) is 24.6 Å². The average molecular weight is 559 g/mol. The van der Waals surface area contributed by atoms with E-state index in [-0.39, 0.29) is 19.5 Å². The molecule has 1 aliphatic heterocycles. The fourth-order valence-corrected chi connectivity index (χ4v) is 4.97. The quantitative estimate of drug-likeness (QED) is 0.359. The summed E-state index contributed by atoms with van der Waals surface area (Å²) in [6.07, 6.45) is -3.12. The number of aliphatic hydroxyl groups is 1. The summed E-state index contributed by atoms with van der Waals surface area (Å²) >= 11 is 0. The summed E-state index contributed by atoms with van der Waals surface area (Å²) in [5, 5.41) is 11.6. The second-order valence-electron chi connectivity index (χ2n) is 11.4. The van der Waals surface area contributed by atoms with Gasteiger partial charge in [0, 0.05) is 6.54 Å². The summed E-state index contributed by atoms with van der Waals surface area (Å²) in [6, 6.07) is 27.3. The molecule has 216 valence electrons. The highest BCUT2D eigenvalue weighted by atomic mass is 16.6. The van der Waals surface area contributed by atoms with Crippen molar-refractivity contribution in [2.24, 2.45) is 5.92 Å². The standard InChI is InChI=1S/C33H38N2O6/c1-23-29(26-18-12-7-13-19-26)40-32(39)35(23)30(37)27(20-24-14-8-5-9-15-24)28(36)22-34(31(38)41-33(2,3)4)21-25-16-10-6-11-17-25/h5-19,23,27-29,36H,20-22H2,1-4H3/t23-,27+,28+,29-/m1/s1. The number of imide groups is 1. The maximum Gasteiger partial charge on any atom is 0.417 e. The van der Waals surface area contributed by atoms with Gasteiger partial charge < -0.3 is 19.5 Å². The average Bonchev–Trinajstić information content (AvgIpc) is 3.25. The van der Waals surface area contributed by atoms with Gasteiger partial charge >= 0.3 is 12.2 Å². The van der Waals surface area contributed by atoms with E-state index in [1.165, 1.54) is 4.90 Å². The first-order valence-electron chi connectivity index (χ1n) is 13.9. The molecule has 3 aromatic carbocycles. The predicted molar refractivity (Wildman–Crippen MR) is 155 cm³/mol. The summed E-state index contributed by atoms with van der Waals surface area (Å²) < 4.78 is 11.3. The van der Waals surface area contributed by atoms with E-state index < -0.39 is 47.9 Å². The molecule has 1 heterocycles. The van der Waals surface area contributed by atoms with Crippen LogP contribution in [0.25, 0.3) is 0 Å². The Morgan fingerprint density at radius 1 is 0.927 bits per heavy atom. The van der Waals surface area contributed by atoms with Gasteiger partial charge in [-0.05, 0) is 50.8 Å². The molecule has 0 radical (unpaired) electrons. The van der Waals surface area contributed by atoms with Crippen LogP contribution in [-0.2, 0) is 27.2 Å². The molecule has 0 unspecified atom stereocenters. The molecule has 1 N–H and O–H groups in total. The van der Waals surface area contributed by atoms with Crippen molar-refractivity contribution in [1.29, 1.82) is 0 Å². The van der Waals surface area contributed by atoms with Crippen molar-refractivity contribution in [3.05, 3.63) is 108 Å². The van der Waals surface area contributed by atoms with Crippen molar-refractivity contribution in [2.45, 2.75) is 64.5 Å². The van der Waals surface area contributed by atoms with Gasteiger partial charge in [-0.25, -0.2) is 14.5 Å². The van der Waals surface area contributed by atoms with Crippen LogP contribution in [0.4, 0.5) is 9.59 Å². The number of hydrogen-bond acceptors (Lipinski definition) is 6. The van der Waals surface area contributed by atoms with Crippen molar-refractivity contribution < 1.29 is 29.0 Å². The molecule has 3 amide bonds. The largest absolute Gasteiger partial charge is 0.444 e. The van der Waals surface area contributed by atoms with Crippen molar-refractivity contribution in [3.63, 3.8) is 0 Å². The van der Waals surface area contributed by atoms with Crippen LogP contribution in [0.5, 0.6) is 0 Å². The topological polar surface area (TPSA) is 96.4 Å². The first-order valence-corrected chi connectivity index (χ1v) is 13.9. The number of aliphatic hydroxyl groups excluding tert-OH is 1. The van der Waals surface area contributed by atoms with Crippen molar-refractivity contribution in [1.82, 2.24) is 9.80 Å². The maximum absolute atomic E-state index is 14.1. The SMILES string of the molecule is C[C@@H]1[C@H](c2ccccc2)OC(=O)N1C(=O)[C@@H](Cc1ccccc1)[C@@H](O)CN(Cc1ccccc1)C(=O)OC(C)(C)C. The third kappa shape index (κ3) is 7.73. The van der Waals surface area contributed by atoms with E-state index in [2.05, 4.69) is 0 Å². The molecule has 1 aliphatic rings. The molecule has 0 bridgehead atoms. The fraction of sp³-hybridized carbons (Fsp3) is 0.364. The van der Waals surface area contributed by atoms with E-state index in [0.29, 0.717) is 0 Å². The smallest absolute Gasteiger partial charge is 0.417 e. The Labute approximate surface area is 241 Å². The Bertz CT molecular complexity index is 1310. The molecule has 4 rings (SSSR count). The first-order chi connectivity index (χ1) is 19.5. The second kappa shape index (κ2) is 13.0. The van der Waals surface area contributed by atoms with Crippen LogP contribution >= 0.6 is 0 Å². The summed E-state index contributed by atoms with van der Waals surface area (Å²) in [5.41, 5.74) is 1.69. The monoisotopic (exact) mass is 558 g/mol. The third-order valence-electron chi connectivity index (χ3n) is 6.99. The van der Waals surface area contributed by atoms with E-state index in [0.717, 1.165) is 21.6 Å². The number of amides is 3. The van der Waals surface area contributed by atoms with Crippen LogP contribution in [-0.4, -0.2) is 57.3 Å². The summed E-state index contributed by atoms with van der Waals surface area (Å²) in [6.45, 7) is 7.08. The van der Waals surface area contributed by atoms with Crippen LogP contribution in [0.15, 0.2) is 91.0 Å². The Hall–Kier alpha value is -4.17. The Morgan fingerprint density at radius 2 is 1.46 bits per heavy atom. The molecular formula is C33H38N2O6. The van der Waals surface area contributed by atoms with Crippen LogP contribution in [0.1, 0.15) is 50.5 Å². The lowest BCUT2D eigenvalue weighted by Crippen LogP contribution is -2.49. The number of ether oxygens (including phenoxy) is 2. The van der Waals surface area contributed by atoms with Gasteiger partial charge in [-0.15, -0.1) is 0 Å². The van der Waals surface area contributed by atoms with E-state index in [9.17, 15) is 19.5 Å². The van der Waals surface area contributed by atoms with Crippen LogP contribution < -0.4 is 0 Å². The highest BCUT2D eigenvalue weighted by Gasteiger charge is 2.47. The summed E-state index contributed by atoms with van der Waals surface area (Å²) in [4.78, 5) is 42.8. The lowest BCUT2D eigenvalue weighted by atomic mass is 9.91. The molecule has 41 heavy (non-hydrogen) atoms. The van der Waals surface area contributed by atoms with Crippen LogP contribution in [0.3, 0.4) is 0 Å². The highest BCUT2D eigenvalue weighted by Crippen LogP contribution is 2.34. The summed E-state index contributed by atoms with van der Waals surface area (Å²) in [5.74, 6) is -1.58. The zero-order chi connectivity index (χ0) is 29.6. The second-order valence-corrected chi connectivity index (χ2v) is 11.4. The molecule has 0 aliphatic carbocycles. The molecule has 1 saturated heterocycles. The molecule has 8 nitrogen and oxygen atoms in total. The Morgan fingerprint density at radius 3 is 2.02 bits per heavy atom. The molecule has 0 saturated carbocycles. The summed E-state index contributed by atoms with van der Waals surface area (Å²) in [7, 11) is 0. The van der Waals surface area contributed by atoms with Gasteiger partial charge in [0.1, 0.15) is 11.7 Å². The predicted octanol–water partition coefficient (Wildman–Crippen LogP) is 5.75. The molecule has 0 spiro atoms. The van der Waals surface area contributed by atoms with Crippen molar-refractivity contribution >= 4 is 18.1 Å². The first kappa shape index (κ1) is 29.8. The Kier molecular flexibility index (Phi) is 9.45. The van der Waals surface area contributed by atoms with Gasteiger partial charge in [-0.1, -0.05) is 91.0 Å². The molecule has 1 fully saturated rings. The highest BCUT2D eigenvalue weighted by molar-refractivity contribution is 5.95. The van der Waals surface area contributed by atoms with Crippen LogP contribution in [0.2, 0.25) is 0 Å². The number of nitrogens with zero attached hydrogens (tertiary/aromatic N) is 2. The van der Waals surface area contributed by atoms with Gasteiger partial charge in [0.2, 0.25) is 5.91 Å².